The summed E-state index contributed by atoms with van der Waals surface area (Å²) in [6, 6.07) is 21.1. The van der Waals surface area contributed by atoms with Gasteiger partial charge in [0.15, 0.2) is 11.5 Å². The molecule has 2 N–H and O–H groups in total. The number of furan rings is 1. The number of nitrogens with one attached hydrogen (secondary N) is 2. The molecule has 0 saturated heterocycles. The van der Waals surface area contributed by atoms with Crippen LogP contribution in [0.5, 0.6) is 11.5 Å². The molecule has 4 rings (SSSR count). The van der Waals surface area contributed by atoms with Gasteiger partial charge >= 0.3 is 0 Å². The zero-order valence-electron chi connectivity index (χ0n) is 22.3. The Bertz CT molecular complexity index is 1370. The molecule has 8 nitrogen and oxygen atoms in total. The monoisotopic (exact) mass is 515 g/mol. The molecular weight excluding hydrogens is 482 g/mol. The molecule has 4 aromatic rings. The minimum absolute atomic E-state index is 0.0715. The van der Waals surface area contributed by atoms with Gasteiger partial charge in [-0.15, -0.1) is 0 Å². The molecule has 198 valence electrons. The quantitative estimate of drug-likeness (QED) is 0.303. The Morgan fingerprint density at radius 3 is 2.32 bits per heavy atom. The fourth-order valence-electron chi connectivity index (χ4n) is 4.25. The second-order valence-corrected chi connectivity index (χ2v) is 9.92. The lowest BCUT2D eigenvalue weighted by Gasteiger charge is -2.33. The summed E-state index contributed by atoms with van der Waals surface area (Å²) in [5, 5.41) is 3.04. The van der Waals surface area contributed by atoms with Crippen LogP contribution in [-0.2, 0) is 11.3 Å². The maximum atomic E-state index is 14.1. The maximum Gasteiger partial charge on any atom is 0.271 e. The smallest absolute Gasteiger partial charge is 0.271 e. The van der Waals surface area contributed by atoms with Gasteiger partial charge in [-0.05, 0) is 68.3 Å². The molecule has 0 bridgehead atoms. The van der Waals surface area contributed by atoms with Crippen LogP contribution in [0.4, 0.5) is 0 Å². The molecule has 0 aliphatic rings. The van der Waals surface area contributed by atoms with Gasteiger partial charge in [0, 0.05) is 11.2 Å². The molecule has 2 aromatic carbocycles. The number of aromatic nitrogens is 1. The summed E-state index contributed by atoms with van der Waals surface area (Å²) >= 11 is 0. The normalized spacial score (nSPS) is 12.0. The standard InChI is InChI=1S/C30H33N3O5/c1-30(2,3)32-28(34)27(21-13-16-25(36-4)26(18-21)37-5)33(19-22-12-9-17-38-22)29(35)24-15-14-23(31-24)20-10-7-6-8-11-20/h6-18,27,31H,19H2,1-5H3,(H,32,34)/t27-/m0/s1. The van der Waals surface area contributed by atoms with Gasteiger partial charge in [0.05, 0.1) is 27.0 Å². The van der Waals surface area contributed by atoms with Crippen molar-refractivity contribution in [3.05, 3.63) is 96.1 Å². The zero-order valence-corrected chi connectivity index (χ0v) is 22.3. The number of methoxy groups -OCH3 is 2. The van der Waals surface area contributed by atoms with E-state index in [-0.39, 0.29) is 18.4 Å². The Kier molecular flexibility index (Phi) is 7.90. The average Bonchev–Trinajstić information content (AvgIpc) is 3.60. The van der Waals surface area contributed by atoms with Crippen molar-refractivity contribution < 1.29 is 23.5 Å². The van der Waals surface area contributed by atoms with Crippen LogP contribution in [0.1, 0.15) is 48.6 Å². The third-order valence-electron chi connectivity index (χ3n) is 5.95. The van der Waals surface area contributed by atoms with E-state index in [1.54, 1.807) is 49.8 Å². The molecular formula is C30H33N3O5. The van der Waals surface area contributed by atoms with Gasteiger partial charge in [-0.2, -0.15) is 0 Å². The van der Waals surface area contributed by atoms with E-state index in [1.165, 1.54) is 12.0 Å². The Morgan fingerprint density at radius 2 is 1.68 bits per heavy atom. The van der Waals surface area contributed by atoms with E-state index < -0.39 is 11.6 Å². The highest BCUT2D eigenvalue weighted by Gasteiger charge is 2.35. The Balaban J connectivity index is 1.81. The van der Waals surface area contributed by atoms with E-state index in [2.05, 4.69) is 10.3 Å². The van der Waals surface area contributed by atoms with Crippen molar-refractivity contribution in [2.24, 2.45) is 0 Å². The predicted molar refractivity (Wildman–Crippen MR) is 145 cm³/mol. The lowest BCUT2D eigenvalue weighted by Crippen LogP contribution is -2.49. The van der Waals surface area contributed by atoms with Crippen LogP contribution in [0, 0.1) is 0 Å². The van der Waals surface area contributed by atoms with E-state index >= 15 is 0 Å². The minimum Gasteiger partial charge on any atom is -0.493 e. The molecule has 0 fully saturated rings. The fourth-order valence-corrected chi connectivity index (χ4v) is 4.25. The van der Waals surface area contributed by atoms with Gasteiger partial charge in [0.25, 0.3) is 5.91 Å². The number of carbonyl (C=O) groups excluding carboxylic acids is 2. The first-order valence-electron chi connectivity index (χ1n) is 12.3. The van der Waals surface area contributed by atoms with Gasteiger partial charge in [-0.3, -0.25) is 9.59 Å². The lowest BCUT2D eigenvalue weighted by molar-refractivity contribution is -0.127. The summed E-state index contributed by atoms with van der Waals surface area (Å²) < 4.78 is 16.5. The average molecular weight is 516 g/mol. The second-order valence-electron chi connectivity index (χ2n) is 9.92. The summed E-state index contributed by atoms with van der Waals surface area (Å²) in [7, 11) is 3.07. The molecule has 0 aliphatic carbocycles. The second kappa shape index (κ2) is 11.3. The van der Waals surface area contributed by atoms with Gasteiger partial charge in [-0.1, -0.05) is 36.4 Å². The number of hydrogen-bond acceptors (Lipinski definition) is 5. The Labute approximate surface area is 222 Å². The number of nitrogens with zero attached hydrogens (tertiary/aromatic N) is 1. The van der Waals surface area contributed by atoms with E-state index in [0.717, 1.165) is 11.3 Å². The van der Waals surface area contributed by atoms with E-state index in [0.29, 0.717) is 28.5 Å². The van der Waals surface area contributed by atoms with Gasteiger partial charge in [0.2, 0.25) is 5.91 Å². The lowest BCUT2D eigenvalue weighted by atomic mass is 10.0. The van der Waals surface area contributed by atoms with Crippen LogP contribution in [0.3, 0.4) is 0 Å². The number of benzene rings is 2. The van der Waals surface area contributed by atoms with Crippen LogP contribution in [0.2, 0.25) is 0 Å². The number of aromatic amines is 1. The van der Waals surface area contributed by atoms with Crippen molar-refractivity contribution in [1.29, 1.82) is 0 Å². The number of ether oxygens (including phenoxy) is 2. The Hall–Kier alpha value is -4.46. The molecule has 0 radical (unpaired) electrons. The molecule has 2 aromatic heterocycles. The van der Waals surface area contributed by atoms with E-state index in [9.17, 15) is 9.59 Å². The molecule has 1 atom stereocenters. The summed E-state index contributed by atoms with van der Waals surface area (Å²) in [6.45, 7) is 5.76. The molecule has 0 unspecified atom stereocenters. The van der Waals surface area contributed by atoms with Gasteiger partial charge in [-0.25, -0.2) is 0 Å². The maximum absolute atomic E-state index is 14.1. The van der Waals surface area contributed by atoms with Crippen molar-refractivity contribution in [1.82, 2.24) is 15.2 Å². The third-order valence-corrected chi connectivity index (χ3v) is 5.95. The predicted octanol–water partition coefficient (Wildman–Crippen LogP) is 5.59. The van der Waals surface area contributed by atoms with Crippen LogP contribution in [0.25, 0.3) is 11.3 Å². The van der Waals surface area contributed by atoms with Crippen LogP contribution < -0.4 is 14.8 Å². The molecule has 0 aliphatic heterocycles. The first-order chi connectivity index (χ1) is 18.2. The Morgan fingerprint density at radius 1 is 0.947 bits per heavy atom. The summed E-state index contributed by atoms with van der Waals surface area (Å²) in [6.07, 6.45) is 1.54. The molecule has 8 heteroatoms. The van der Waals surface area contributed by atoms with Crippen LogP contribution >= 0.6 is 0 Å². The van der Waals surface area contributed by atoms with Crippen molar-refractivity contribution in [2.75, 3.05) is 14.2 Å². The summed E-state index contributed by atoms with van der Waals surface area (Å²) in [4.78, 5) is 32.7. The highest BCUT2D eigenvalue weighted by atomic mass is 16.5. The first kappa shape index (κ1) is 26.6. The van der Waals surface area contributed by atoms with Crippen molar-refractivity contribution >= 4 is 11.8 Å². The van der Waals surface area contributed by atoms with Crippen LogP contribution in [-0.4, -0.2) is 41.5 Å². The van der Waals surface area contributed by atoms with Gasteiger partial charge in [0.1, 0.15) is 17.5 Å². The number of hydrogen-bond donors (Lipinski definition) is 2. The minimum atomic E-state index is -0.991. The van der Waals surface area contributed by atoms with Crippen molar-refractivity contribution in [2.45, 2.75) is 38.9 Å². The highest BCUT2D eigenvalue weighted by Crippen LogP contribution is 2.34. The van der Waals surface area contributed by atoms with Gasteiger partial charge < -0.3 is 29.1 Å². The largest absolute Gasteiger partial charge is 0.493 e. The molecule has 2 amide bonds. The van der Waals surface area contributed by atoms with Crippen LogP contribution in [0.15, 0.2) is 83.5 Å². The molecule has 2 heterocycles. The number of rotatable bonds is 9. The number of amides is 2. The van der Waals surface area contributed by atoms with Crippen molar-refractivity contribution in [3.8, 4) is 22.8 Å². The van der Waals surface area contributed by atoms with Crippen molar-refractivity contribution in [3.63, 3.8) is 0 Å². The fraction of sp³-hybridized carbons (Fsp3) is 0.267. The molecule has 0 spiro atoms. The first-order valence-corrected chi connectivity index (χ1v) is 12.3. The molecule has 0 saturated carbocycles. The third kappa shape index (κ3) is 6.08. The van der Waals surface area contributed by atoms with E-state index in [4.69, 9.17) is 13.9 Å². The number of carbonyl (C=O) groups is 2. The molecule has 38 heavy (non-hydrogen) atoms. The summed E-state index contributed by atoms with van der Waals surface area (Å²) in [5.41, 5.74) is 2.14. The topological polar surface area (TPSA) is 96.8 Å². The number of H-pyrrole nitrogens is 1. The highest BCUT2D eigenvalue weighted by molar-refractivity contribution is 5.97. The zero-order chi connectivity index (χ0) is 27.3. The summed E-state index contributed by atoms with van der Waals surface area (Å²) in [5.74, 6) is 0.830. The SMILES string of the molecule is COc1ccc([C@@H](C(=O)NC(C)(C)C)N(Cc2ccco2)C(=O)c2ccc(-c3ccccc3)[nH]2)cc1OC. The van der Waals surface area contributed by atoms with E-state index in [1.807, 2.05) is 57.2 Å².